The number of nitrogens with zero attached hydrogens (tertiary/aromatic N) is 4. The summed E-state index contributed by atoms with van der Waals surface area (Å²) < 4.78 is 7.08. The molecule has 160 valence electrons. The number of thioether (sulfide) groups is 1. The molecule has 1 aromatic carbocycles. The number of hydrogen-bond donors (Lipinski definition) is 0. The minimum Gasteiger partial charge on any atom is -0.461 e. The molecule has 0 atom stereocenters. The van der Waals surface area contributed by atoms with Crippen LogP contribution >= 0.6 is 11.8 Å². The van der Waals surface area contributed by atoms with Crippen LogP contribution in [0.1, 0.15) is 34.2 Å². The number of esters is 1. The van der Waals surface area contributed by atoms with Gasteiger partial charge >= 0.3 is 5.97 Å². The first-order valence-corrected chi connectivity index (χ1v) is 11.2. The molecule has 0 saturated carbocycles. The van der Waals surface area contributed by atoms with Crippen LogP contribution in [0.5, 0.6) is 0 Å². The highest BCUT2D eigenvalue weighted by Gasteiger charge is 2.30. The Morgan fingerprint density at radius 1 is 1.13 bits per heavy atom. The number of carbonyl (C=O) groups excluding carboxylic acids is 2. The van der Waals surface area contributed by atoms with Crippen LogP contribution in [-0.2, 0) is 29.0 Å². The van der Waals surface area contributed by atoms with Crippen LogP contribution in [-0.4, -0.2) is 50.4 Å². The van der Waals surface area contributed by atoms with Gasteiger partial charge in [0, 0.05) is 48.1 Å². The number of rotatable bonds is 7. The maximum absolute atomic E-state index is 12.8. The maximum atomic E-state index is 12.8. The summed E-state index contributed by atoms with van der Waals surface area (Å²) in [5.74, 6) is -0.0319. The zero-order valence-corrected chi connectivity index (χ0v) is 18.2. The lowest BCUT2D eigenvalue weighted by Crippen LogP contribution is -2.37. The third kappa shape index (κ3) is 4.96. The smallest absolute Gasteiger partial charge is 0.359 e. The molecular formula is C23H24N4O3S. The molecule has 7 nitrogen and oxygen atoms in total. The number of aromatic nitrogens is 3. The predicted molar refractivity (Wildman–Crippen MR) is 118 cm³/mol. The second-order valence-corrected chi connectivity index (χ2v) is 8.22. The molecule has 31 heavy (non-hydrogen) atoms. The van der Waals surface area contributed by atoms with E-state index in [-0.39, 0.29) is 12.5 Å². The monoisotopic (exact) mass is 436 g/mol. The van der Waals surface area contributed by atoms with Crippen molar-refractivity contribution >= 4 is 23.6 Å². The molecule has 0 spiro atoms. The lowest BCUT2D eigenvalue weighted by Gasteiger charge is -2.28. The molecule has 1 amide bonds. The second-order valence-electron chi connectivity index (χ2n) is 7.17. The largest absolute Gasteiger partial charge is 0.461 e. The van der Waals surface area contributed by atoms with Gasteiger partial charge in [-0.2, -0.15) is 5.10 Å². The van der Waals surface area contributed by atoms with Gasteiger partial charge < -0.3 is 9.64 Å². The molecule has 0 bridgehead atoms. The van der Waals surface area contributed by atoms with Crippen LogP contribution in [0.25, 0.3) is 0 Å². The van der Waals surface area contributed by atoms with E-state index in [0.29, 0.717) is 37.5 Å². The van der Waals surface area contributed by atoms with E-state index < -0.39 is 5.97 Å². The number of fused-ring (bicyclic) bond motifs is 1. The number of pyridine rings is 1. The van der Waals surface area contributed by atoms with Crippen LogP contribution in [0.3, 0.4) is 0 Å². The van der Waals surface area contributed by atoms with Gasteiger partial charge in [0.25, 0.3) is 0 Å². The summed E-state index contributed by atoms with van der Waals surface area (Å²) in [6, 6.07) is 13.7. The fourth-order valence-corrected chi connectivity index (χ4v) is 4.43. The van der Waals surface area contributed by atoms with Gasteiger partial charge in [-0.1, -0.05) is 18.2 Å². The van der Waals surface area contributed by atoms with Gasteiger partial charge in [-0.25, -0.2) is 4.79 Å². The highest BCUT2D eigenvalue weighted by Crippen LogP contribution is 2.26. The average molecular weight is 437 g/mol. The van der Waals surface area contributed by atoms with Crippen molar-refractivity contribution in [3.8, 4) is 0 Å². The van der Waals surface area contributed by atoms with Crippen molar-refractivity contribution in [2.45, 2.75) is 31.3 Å². The highest BCUT2D eigenvalue weighted by molar-refractivity contribution is 8.00. The van der Waals surface area contributed by atoms with Gasteiger partial charge in [0.1, 0.15) is 0 Å². The van der Waals surface area contributed by atoms with Crippen molar-refractivity contribution < 1.29 is 14.3 Å². The molecule has 3 heterocycles. The van der Waals surface area contributed by atoms with Gasteiger partial charge in [-0.15, -0.1) is 11.8 Å². The minimum atomic E-state index is -0.444. The van der Waals surface area contributed by atoms with Gasteiger partial charge in [0.05, 0.1) is 18.9 Å². The topological polar surface area (TPSA) is 77.3 Å². The SMILES string of the molecule is CCOC(=O)c1nn(Cc2ccncc2)c2c1CN(C(=O)CSc1ccccc1)CC2. The van der Waals surface area contributed by atoms with Crippen molar-refractivity contribution in [3.63, 3.8) is 0 Å². The average Bonchev–Trinajstić information content (AvgIpc) is 3.16. The van der Waals surface area contributed by atoms with E-state index in [4.69, 9.17) is 4.74 Å². The molecule has 3 aromatic rings. The summed E-state index contributed by atoms with van der Waals surface area (Å²) in [4.78, 5) is 32.3. The molecule has 2 aromatic heterocycles. The molecule has 0 unspecified atom stereocenters. The first-order chi connectivity index (χ1) is 15.2. The molecule has 0 aliphatic carbocycles. The van der Waals surface area contributed by atoms with Crippen LogP contribution < -0.4 is 0 Å². The van der Waals surface area contributed by atoms with Crippen molar-refractivity contribution in [2.24, 2.45) is 0 Å². The van der Waals surface area contributed by atoms with E-state index in [9.17, 15) is 9.59 Å². The summed E-state index contributed by atoms with van der Waals surface area (Å²) in [5, 5.41) is 4.57. The Kier molecular flexibility index (Phi) is 6.66. The number of amides is 1. The second kappa shape index (κ2) is 9.78. The standard InChI is InChI=1S/C23H24N4O3S/c1-2-30-23(29)22-19-15-26(21(28)16-31-18-6-4-3-5-7-18)13-10-20(19)27(25-22)14-17-8-11-24-12-9-17/h3-9,11-12H,2,10,13-16H2,1H3. The number of carbonyl (C=O) groups is 2. The fourth-order valence-electron chi connectivity index (χ4n) is 3.61. The Morgan fingerprint density at radius 3 is 2.65 bits per heavy atom. The Balaban J connectivity index is 1.53. The van der Waals surface area contributed by atoms with Crippen LogP contribution in [0.15, 0.2) is 59.8 Å². The van der Waals surface area contributed by atoms with Crippen molar-refractivity contribution in [3.05, 3.63) is 77.4 Å². The Labute approximate surface area is 185 Å². The van der Waals surface area contributed by atoms with Crippen LogP contribution in [0.2, 0.25) is 0 Å². The van der Waals surface area contributed by atoms with E-state index in [0.717, 1.165) is 21.7 Å². The Morgan fingerprint density at radius 2 is 1.90 bits per heavy atom. The predicted octanol–water partition coefficient (Wildman–Crippen LogP) is 3.18. The maximum Gasteiger partial charge on any atom is 0.359 e. The molecule has 4 rings (SSSR count). The summed E-state index contributed by atoms with van der Waals surface area (Å²) in [7, 11) is 0. The van der Waals surface area contributed by atoms with Crippen molar-refractivity contribution in [1.29, 1.82) is 0 Å². The van der Waals surface area contributed by atoms with E-state index in [1.807, 2.05) is 47.1 Å². The summed E-state index contributed by atoms with van der Waals surface area (Å²) >= 11 is 1.52. The van der Waals surface area contributed by atoms with Crippen molar-refractivity contribution in [2.75, 3.05) is 18.9 Å². The van der Waals surface area contributed by atoms with E-state index in [2.05, 4.69) is 10.1 Å². The minimum absolute atomic E-state index is 0.0520. The number of benzene rings is 1. The van der Waals surface area contributed by atoms with E-state index in [1.54, 1.807) is 24.2 Å². The van der Waals surface area contributed by atoms with Crippen LogP contribution in [0.4, 0.5) is 0 Å². The lowest BCUT2D eigenvalue weighted by molar-refractivity contribution is -0.129. The fraction of sp³-hybridized carbons (Fsp3) is 0.304. The van der Waals surface area contributed by atoms with E-state index >= 15 is 0 Å². The summed E-state index contributed by atoms with van der Waals surface area (Å²) in [6.45, 7) is 3.57. The first kappa shape index (κ1) is 21.1. The zero-order chi connectivity index (χ0) is 21.6. The van der Waals surface area contributed by atoms with Gasteiger partial charge in [-0.05, 0) is 36.8 Å². The van der Waals surface area contributed by atoms with Gasteiger partial charge in [0.15, 0.2) is 5.69 Å². The molecule has 0 fully saturated rings. The third-order valence-corrected chi connectivity index (χ3v) is 6.14. The molecule has 0 N–H and O–H groups in total. The normalized spacial score (nSPS) is 13.0. The highest BCUT2D eigenvalue weighted by atomic mass is 32.2. The van der Waals surface area contributed by atoms with Gasteiger partial charge in [0.2, 0.25) is 5.91 Å². The van der Waals surface area contributed by atoms with E-state index in [1.165, 1.54) is 11.8 Å². The quantitative estimate of drug-likeness (QED) is 0.418. The number of ether oxygens (including phenoxy) is 1. The number of hydrogen-bond acceptors (Lipinski definition) is 6. The molecule has 8 heteroatoms. The third-order valence-electron chi connectivity index (χ3n) is 5.14. The van der Waals surface area contributed by atoms with Crippen molar-refractivity contribution in [1.82, 2.24) is 19.7 Å². The lowest BCUT2D eigenvalue weighted by atomic mass is 10.0. The molecule has 0 radical (unpaired) electrons. The zero-order valence-electron chi connectivity index (χ0n) is 17.4. The molecular weight excluding hydrogens is 412 g/mol. The van der Waals surface area contributed by atoms with Gasteiger partial charge in [-0.3, -0.25) is 14.5 Å². The Hall–Kier alpha value is -3.13. The summed E-state index contributed by atoms with van der Waals surface area (Å²) in [5.41, 5.74) is 3.13. The first-order valence-electron chi connectivity index (χ1n) is 10.3. The molecule has 1 aliphatic rings. The molecule has 0 saturated heterocycles. The summed E-state index contributed by atoms with van der Waals surface area (Å²) in [6.07, 6.45) is 4.12. The molecule has 1 aliphatic heterocycles. The van der Waals surface area contributed by atoms with Crippen LogP contribution in [0, 0.1) is 0 Å². The Bertz CT molecular complexity index is 1050.